The van der Waals surface area contributed by atoms with Gasteiger partial charge in [0.15, 0.2) is 11.3 Å². The van der Waals surface area contributed by atoms with Gasteiger partial charge in [-0.1, -0.05) is 11.6 Å². The maximum absolute atomic E-state index is 12.1. The number of fused-ring (bicyclic) bond motifs is 1. The zero-order valence-electron chi connectivity index (χ0n) is 9.62. The van der Waals surface area contributed by atoms with Gasteiger partial charge in [-0.05, 0) is 18.2 Å². The van der Waals surface area contributed by atoms with Crippen LogP contribution in [-0.2, 0) is 0 Å². The van der Waals surface area contributed by atoms with E-state index in [0.717, 1.165) is 0 Å². The molecule has 0 unspecified atom stereocenters. The van der Waals surface area contributed by atoms with Crippen molar-refractivity contribution in [1.29, 1.82) is 0 Å². The molecule has 1 N–H and O–H groups in total. The summed E-state index contributed by atoms with van der Waals surface area (Å²) in [4.78, 5) is 20.0. The van der Waals surface area contributed by atoms with Gasteiger partial charge in [0, 0.05) is 30.5 Å². The van der Waals surface area contributed by atoms with Crippen LogP contribution < -0.4 is 5.32 Å². The minimum atomic E-state index is -0.387. The second-order valence-corrected chi connectivity index (χ2v) is 4.12. The highest BCUT2D eigenvalue weighted by Crippen LogP contribution is 2.20. The summed E-state index contributed by atoms with van der Waals surface area (Å²) in [6.07, 6.45) is 6.44. The number of rotatable bonds is 2. The molecule has 0 spiro atoms. The van der Waals surface area contributed by atoms with Crippen LogP contribution in [0.4, 0.5) is 5.69 Å². The zero-order chi connectivity index (χ0) is 13.2. The second-order valence-electron chi connectivity index (χ2n) is 3.74. The Morgan fingerprint density at radius 2 is 2.05 bits per heavy atom. The predicted octanol–water partition coefficient (Wildman–Crippen LogP) is 2.03. The van der Waals surface area contributed by atoms with Crippen molar-refractivity contribution in [3.8, 4) is 0 Å². The summed E-state index contributed by atoms with van der Waals surface area (Å²) >= 11 is 6.10. The van der Waals surface area contributed by atoms with E-state index in [4.69, 9.17) is 11.6 Å². The maximum atomic E-state index is 12.1. The standard InChI is InChI=1S/C12H8ClN5O/c13-9-10(17-18-7-1-4-15-11(9)18)12(19)16-8-2-5-14-6-3-8/h1-7H,(H,14,16,19). The normalized spacial score (nSPS) is 10.6. The van der Waals surface area contributed by atoms with E-state index in [1.807, 2.05) is 0 Å². The molecular formula is C12H8ClN5O. The second kappa shape index (κ2) is 4.66. The molecule has 0 aliphatic heterocycles. The Morgan fingerprint density at radius 3 is 2.79 bits per heavy atom. The van der Waals surface area contributed by atoms with Crippen molar-refractivity contribution in [2.45, 2.75) is 0 Å². The van der Waals surface area contributed by atoms with Crippen molar-refractivity contribution >= 4 is 28.8 Å². The highest BCUT2D eigenvalue weighted by Gasteiger charge is 2.18. The van der Waals surface area contributed by atoms with Crippen LogP contribution in [-0.4, -0.2) is 25.5 Å². The first-order chi connectivity index (χ1) is 9.25. The van der Waals surface area contributed by atoms with Gasteiger partial charge in [-0.3, -0.25) is 9.78 Å². The summed E-state index contributed by atoms with van der Waals surface area (Å²) in [7, 11) is 0. The first kappa shape index (κ1) is 11.6. The van der Waals surface area contributed by atoms with Crippen LogP contribution in [0.15, 0.2) is 43.0 Å². The largest absolute Gasteiger partial charge is 0.320 e. The molecule has 1 amide bonds. The van der Waals surface area contributed by atoms with E-state index >= 15 is 0 Å². The van der Waals surface area contributed by atoms with E-state index < -0.39 is 0 Å². The molecule has 0 fully saturated rings. The van der Waals surface area contributed by atoms with Gasteiger partial charge in [-0.2, -0.15) is 5.10 Å². The van der Waals surface area contributed by atoms with E-state index in [9.17, 15) is 4.79 Å². The van der Waals surface area contributed by atoms with Crippen LogP contribution in [0.3, 0.4) is 0 Å². The summed E-state index contributed by atoms with van der Waals surface area (Å²) in [5.41, 5.74) is 1.21. The average molecular weight is 274 g/mol. The number of aromatic nitrogens is 4. The maximum Gasteiger partial charge on any atom is 0.277 e. The lowest BCUT2D eigenvalue weighted by Gasteiger charge is -2.01. The Morgan fingerprint density at radius 1 is 1.26 bits per heavy atom. The number of carbonyl (C=O) groups excluding carboxylic acids is 1. The summed E-state index contributed by atoms with van der Waals surface area (Å²) in [5, 5.41) is 7.02. The number of halogens is 1. The number of nitrogens with one attached hydrogen (secondary N) is 1. The van der Waals surface area contributed by atoms with Crippen molar-refractivity contribution in [2.75, 3.05) is 5.32 Å². The molecule has 3 rings (SSSR count). The molecule has 3 aromatic rings. The highest BCUT2D eigenvalue weighted by atomic mass is 35.5. The lowest BCUT2D eigenvalue weighted by atomic mass is 10.3. The topological polar surface area (TPSA) is 72.2 Å². The molecule has 0 saturated heterocycles. The van der Waals surface area contributed by atoms with Gasteiger partial charge in [-0.25, -0.2) is 9.50 Å². The lowest BCUT2D eigenvalue weighted by Crippen LogP contribution is -2.13. The van der Waals surface area contributed by atoms with Gasteiger partial charge in [0.05, 0.1) is 0 Å². The molecule has 3 heterocycles. The Hall–Kier alpha value is -2.47. The molecule has 0 aliphatic carbocycles. The molecular weight excluding hydrogens is 266 g/mol. The van der Waals surface area contributed by atoms with Crippen LogP contribution in [0.1, 0.15) is 10.5 Å². The minimum Gasteiger partial charge on any atom is -0.320 e. The summed E-state index contributed by atoms with van der Waals surface area (Å²) in [5.74, 6) is -0.387. The van der Waals surface area contributed by atoms with E-state index in [-0.39, 0.29) is 16.6 Å². The van der Waals surface area contributed by atoms with Crippen LogP contribution in [0, 0.1) is 0 Å². The van der Waals surface area contributed by atoms with E-state index in [2.05, 4.69) is 20.4 Å². The molecule has 0 bridgehead atoms. The Kier molecular flexibility index (Phi) is 2.85. The highest BCUT2D eigenvalue weighted by molar-refractivity contribution is 6.37. The lowest BCUT2D eigenvalue weighted by molar-refractivity contribution is 0.102. The number of anilines is 1. The zero-order valence-corrected chi connectivity index (χ0v) is 10.4. The fourth-order valence-corrected chi connectivity index (χ4v) is 1.89. The van der Waals surface area contributed by atoms with Gasteiger partial charge in [-0.15, -0.1) is 0 Å². The molecule has 0 atom stereocenters. The third-order valence-corrected chi connectivity index (χ3v) is 2.84. The number of hydrogen-bond acceptors (Lipinski definition) is 4. The first-order valence-corrected chi connectivity index (χ1v) is 5.84. The first-order valence-electron chi connectivity index (χ1n) is 5.46. The number of pyridine rings is 1. The Balaban J connectivity index is 1.96. The third-order valence-electron chi connectivity index (χ3n) is 2.49. The SMILES string of the molecule is O=C(Nc1ccncc1)c1nn2cccnc2c1Cl. The molecule has 6 nitrogen and oxygen atoms in total. The average Bonchev–Trinajstić information content (AvgIpc) is 2.78. The fourth-order valence-electron chi connectivity index (χ4n) is 1.63. The molecule has 0 aromatic carbocycles. The number of hydrogen-bond donors (Lipinski definition) is 1. The molecule has 94 valence electrons. The van der Waals surface area contributed by atoms with Gasteiger partial charge >= 0.3 is 0 Å². The van der Waals surface area contributed by atoms with Gasteiger partial charge < -0.3 is 5.32 Å². The van der Waals surface area contributed by atoms with Crippen molar-refractivity contribution in [3.63, 3.8) is 0 Å². The number of nitrogens with zero attached hydrogens (tertiary/aromatic N) is 4. The van der Waals surface area contributed by atoms with E-state index in [0.29, 0.717) is 11.3 Å². The predicted molar refractivity (Wildman–Crippen MR) is 70.2 cm³/mol. The summed E-state index contributed by atoms with van der Waals surface area (Å²) in [6.45, 7) is 0. The third kappa shape index (κ3) is 2.13. The van der Waals surface area contributed by atoms with Crippen LogP contribution >= 0.6 is 11.6 Å². The Labute approximate surface area is 113 Å². The quantitative estimate of drug-likeness (QED) is 0.775. The Bertz CT molecular complexity index is 740. The van der Waals surface area contributed by atoms with Gasteiger partial charge in [0.1, 0.15) is 5.02 Å². The van der Waals surface area contributed by atoms with Gasteiger partial charge in [0.25, 0.3) is 5.91 Å². The monoisotopic (exact) mass is 273 g/mol. The molecule has 0 saturated carbocycles. The van der Waals surface area contributed by atoms with E-state index in [1.165, 1.54) is 4.52 Å². The van der Waals surface area contributed by atoms with Gasteiger partial charge in [0.2, 0.25) is 0 Å². The van der Waals surface area contributed by atoms with Crippen LogP contribution in [0.5, 0.6) is 0 Å². The summed E-state index contributed by atoms with van der Waals surface area (Å²) < 4.78 is 1.46. The van der Waals surface area contributed by atoms with Crippen molar-refractivity contribution in [1.82, 2.24) is 19.6 Å². The minimum absolute atomic E-state index is 0.136. The number of amides is 1. The number of carbonyl (C=O) groups is 1. The molecule has 0 radical (unpaired) electrons. The van der Waals surface area contributed by atoms with Crippen molar-refractivity contribution in [2.24, 2.45) is 0 Å². The fraction of sp³-hybridized carbons (Fsp3) is 0. The van der Waals surface area contributed by atoms with Crippen LogP contribution in [0.2, 0.25) is 5.02 Å². The molecule has 19 heavy (non-hydrogen) atoms. The van der Waals surface area contributed by atoms with Crippen molar-refractivity contribution < 1.29 is 4.79 Å². The smallest absolute Gasteiger partial charge is 0.277 e. The molecule has 7 heteroatoms. The van der Waals surface area contributed by atoms with E-state index in [1.54, 1.807) is 43.0 Å². The summed E-state index contributed by atoms with van der Waals surface area (Å²) in [6, 6.07) is 5.07. The van der Waals surface area contributed by atoms with Crippen molar-refractivity contribution in [3.05, 3.63) is 53.7 Å². The molecule has 0 aliphatic rings. The van der Waals surface area contributed by atoms with Crippen LogP contribution in [0.25, 0.3) is 5.65 Å². The molecule has 3 aromatic heterocycles.